The predicted molar refractivity (Wildman–Crippen MR) is 112 cm³/mol. The van der Waals surface area contributed by atoms with E-state index in [0.29, 0.717) is 13.1 Å². The van der Waals surface area contributed by atoms with Crippen LogP contribution in [0.4, 0.5) is 5.69 Å². The number of rotatable bonds is 6. The maximum absolute atomic E-state index is 13.5. The quantitative estimate of drug-likeness (QED) is 0.668. The lowest BCUT2D eigenvalue weighted by Crippen LogP contribution is -2.45. The second-order valence-electron chi connectivity index (χ2n) is 6.73. The summed E-state index contributed by atoms with van der Waals surface area (Å²) in [4.78, 5) is 29.0. The Hall–Kier alpha value is -2.03. The zero-order chi connectivity index (χ0) is 20.3. The monoisotopic (exact) mass is 420 g/mol. The fourth-order valence-corrected chi connectivity index (χ4v) is 5.45. The van der Waals surface area contributed by atoms with Gasteiger partial charge in [0, 0.05) is 20.0 Å². The number of esters is 1. The average Bonchev–Trinajstić information content (AvgIpc) is 3.08. The number of anilines is 1. The van der Waals surface area contributed by atoms with Crippen LogP contribution in [0.2, 0.25) is 0 Å². The molecule has 0 saturated carbocycles. The van der Waals surface area contributed by atoms with Crippen LogP contribution in [0.1, 0.15) is 17.7 Å². The fourth-order valence-electron chi connectivity index (χ4n) is 3.01. The number of hydrogen-bond acceptors (Lipinski definition) is 7. The molecule has 1 aromatic carbocycles. The Morgan fingerprint density at radius 2 is 1.93 bits per heavy atom. The van der Waals surface area contributed by atoms with Gasteiger partial charge in [-0.25, -0.2) is 0 Å². The third-order valence-electron chi connectivity index (χ3n) is 4.43. The van der Waals surface area contributed by atoms with E-state index in [-0.39, 0.29) is 11.2 Å². The maximum atomic E-state index is 13.5. The minimum atomic E-state index is -0.891. The van der Waals surface area contributed by atoms with Gasteiger partial charge in [-0.2, -0.15) is 0 Å². The number of fused-ring (bicyclic) bond motifs is 1. The molecule has 0 N–H and O–H groups in total. The first-order valence-corrected chi connectivity index (χ1v) is 10.7. The van der Waals surface area contributed by atoms with Gasteiger partial charge in [0.05, 0.1) is 22.3 Å². The summed E-state index contributed by atoms with van der Waals surface area (Å²) in [5.41, 5.74) is 1.80. The standard InChI is InChI=1S/C20H24N2O4S2/c1-13(23)26-17-18(14-5-7-15(25-4)8-6-14)28-20-16(9-12-27-20)22(19(17)24)11-10-21(2)3/h5-9,12,17-18H,10-11H2,1-4H3/t17-,18+/m1/s1. The Kier molecular flexibility index (Phi) is 6.64. The van der Waals surface area contributed by atoms with Crippen LogP contribution in [0.25, 0.3) is 0 Å². The molecule has 28 heavy (non-hydrogen) atoms. The van der Waals surface area contributed by atoms with Crippen molar-refractivity contribution in [2.24, 2.45) is 0 Å². The summed E-state index contributed by atoms with van der Waals surface area (Å²) in [7, 11) is 5.55. The van der Waals surface area contributed by atoms with Crippen molar-refractivity contribution in [1.29, 1.82) is 0 Å². The summed E-state index contributed by atoms with van der Waals surface area (Å²) in [6.45, 7) is 2.59. The van der Waals surface area contributed by atoms with Gasteiger partial charge in [0.25, 0.3) is 5.91 Å². The molecule has 2 aromatic rings. The molecule has 0 unspecified atom stereocenters. The Balaban J connectivity index is 2.01. The van der Waals surface area contributed by atoms with Gasteiger partial charge in [-0.05, 0) is 43.2 Å². The van der Waals surface area contributed by atoms with E-state index in [1.165, 1.54) is 6.92 Å². The van der Waals surface area contributed by atoms with E-state index in [1.807, 2.05) is 54.7 Å². The molecule has 2 atom stereocenters. The van der Waals surface area contributed by atoms with Gasteiger partial charge in [-0.15, -0.1) is 23.1 Å². The van der Waals surface area contributed by atoms with Crippen LogP contribution in [-0.2, 0) is 14.3 Å². The molecular formula is C20H24N2O4S2. The van der Waals surface area contributed by atoms with Gasteiger partial charge in [-0.1, -0.05) is 12.1 Å². The Morgan fingerprint density at radius 3 is 2.54 bits per heavy atom. The van der Waals surface area contributed by atoms with Crippen molar-refractivity contribution in [3.63, 3.8) is 0 Å². The zero-order valence-corrected chi connectivity index (χ0v) is 18.0. The molecule has 8 heteroatoms. The molecule has 2 heterocycles. The molecule has 3 rings (SSSR count). The largest absolute Gasteiger partial charge is 0.497 e. The smallest absolute Gasteiger partial charge is 0.303 e. The number of ether oxygens (including phenoxy) is 2. The highest BCUT2D eigenvalue weighted by molar-refractivity contribution is 8.01. The number of thiophene rings is 1. The number of carbonyl (C=O) groups excluding carboxylic acids is 2. The van der Waals surface area contributed by atoms with Crippen molar-refractivity contribution in [3.05, 3.63) is 41.3 Å². The second kappa shape index (κ2) is 8.98. The minimum absolute atomic E-state index is 0.192. The molecular weight excluding hydrogens is 396 g/mol. The second-order valence-corrected chi connectivity index (χ2v) is 9.05. The van der Waals surface area contributed by atoms with E-state index in [1.54, 1.807) is 35.1 Å². The van der Waals surface area contributed by atoms with Crippen LogP contribution >= 0.6 is 23.1 Å². The van der Waals surface area contributed by atoms with Crippen LogP contribution in [0.5, 0.6) is 5.75 Å². The van der Waals surface area contributed by atoms with E-state index < -0.39 is 12.1 Å². The molecule has 6 nitrogen and oxygen atoms in total. The summed E-state index contributed by atoms with van der Waals surface area (Å²) in [6, 6.07) is 9.51. The van der Waals surface area contributed by atoms with Crippen molar-refractivity contribution >= 4 is 40.7 Å². The predicted octanol–water partition coefficient (Wildman–Crippen LogP) is 3.43. The van der Waals surface area contributed by atoms with E-state index in [9.17, 15) is 9.59 Å². The number of methoxy groups -OCH3 is 1. The lowest BCUT2D eigenvalue weighted by atomic mass is 10.1. The first-order chi connectivity index (χ1) is 13.4. The Bertz CT molecular complexity index is 835. The van der Waals surface area contributed by atoms with Gasteiger partial charge >= 0.3 is 5.97 Å². The molecule has 0 bridgehead atoms. The fraction of sp³-hybridized carbons (Fsp3) is 0.400. The van der Waals surface area contributed by atoms with Crippen molar-refractivity contribution in [2.75, 3.05) is 39.2 Å². The summed E-state index contributed by atoms with van der Waals surface area (Å²) < 4.78 is 11.8. The van der Waals surface area contributed by atoms with Gasteiger partial charge in [0.15, 0.2) is 6.10 Å². The molecule has 1 aliphatic rings. The molecule has 1 amide bonds. The van der Waals surface area contributed by atoms with Gasteiger partial charge in [0.2, 0.25) is 0 Å². The summed E-state index contributed by atoms with van der Waals surface area (Å²) >= 11 is 3.16. The van der Waals surface area contributed by atoms with Crippen molar-refractivity contribution in [2.45, 2.75) is 22.5 Å². The average molecular weight is 421 g/mol. The number of benzene rings is 1. The zero-order valence-electron chi connectivity index (χ0n) is 16.4. The highest BCUT2D eigenvalue weighted by Crippen LogP contribution is 2.49. The van der Waals surface area contributed by atoms with E-state index in [2.05, 4.69) is 0 Å². The molecule has 0 radical (unpaired) electrons. The van der Waals surface area contributed by atoms with Crippen LogP contribution in [0, 0.1) is 0 Å². The first-order valence-electron chi connectivity index (χ1n) is 8.92. The molecule has 0 fully saturated rings. The van der Waals surface area contributed by atoms with E-state index in [4.69, 9.17) is 9.47 Å². The molecule has 1 aliphatic heterocycles. The number of thioether (sulfide) groups is 1. The summed E-state index contributed by atoms with van der Waals surface area (Å²) in [5, 5.41) is 1.66. The van der Waals surface area contributed by atoms with Crippen LogP contribution in [0.15, 0.2) is 39.9 Å². The summed E-state index contributed by atoms with van der Waals surface area (Å²) in [6.07, 6.45) is -0.891. The van der Waals surface area contributed by atoms with Crippen molar-refractivity contribution in [3.8, 4) is 5.75 Å². The van der Waals surface area contributed by atoms with Gasteiger partial charge in [-0.3, -0.25) is 9.59 Å². The first kappa shape index (κ1) is 20.7. The third kappa shape index (κ3) is 4.51. The highest BCUT2D eigenvalue weighted by atomic mass is 32.2. The van der Waals surface area contributed by atoms with Crippen LogP contribution in [-0.4, -0.2) is 57.2 Å². The van der Waals surface area contributed by atoms with Crippen molar-refractivity contribution < 1.29 is 19.1 Å². The number of amides is 1. The number of nitrogens with zero attached hydrogens (tertiary/aromatic N) is 2. The maximum Gasteiger partial charge on any atom is 0.303 e. The van der Waals surface area contributed by atoms with E-state index >= 15 is 0 Å². The number of carbonyl (C=O) groups is 2. The Morgan fingerprint density at radius 1 is 1.21 bits per heavy atom. The lowest BCUT2D eigenvalue weighted by Gasteiger charge is -2.28. The SMILES string of the molecule is COc1ccc([C@@H]2Sc3sccc3N(CCN(C)C)C(=O)[C@@H]2OC(C)=O)cc1. The number of hydrogen-bond donors (Lipinski definition) is 0. The molecule has 0 aliphatic carbocycles. The number of likely N-dealkylation sites (N-methyl/N-ethyl adjacent to an activating group) is 1. The molecule has 150 valence electrons. The van der Waals surface area contributed by atoms with Crippen LogP contribution < -0.4 is 9.64 Å². The Labute approximate surface area is 173 Å². The summed E-state index contributed by atoms with van der Waals surface area (Å²) in [5.74, 6) is 0.0833. The molecule has 0 saturated heterocycles. The van der Waals surface area contributed by atoms with Crippen LogP contribution in [0.3, 0.4) is 0 Å². The van der Waals surface area contributed by atoms with Gasteiger partial charge < -0.3 is 19.3 Å². The van der Waals surface area contributed by atoms with Gasteiger partial charge in [0.1, 0.15) is 5.75 Å². The topological polar surface area (TPSA) is 59.1 Å². The molecule has 0 spiro atoms. The highest BCUT2D eigenvalue weighted by Gasteiger charge is 2.41. The minimum Gasteiger partial charge on any atom is -0.497 e. The normalized spacial score (nSPS) is 19.3. The van der Waals surface area contributed by atoms with E-state index in [0.717, 1.165) is 21.2 Å². The van der Waals surface area contributed by atoms with Crippen molar-refractivity contribution in [1.82, 2.24) is 4.90 Å². The third-order valence-corrected chi connectivity index (χ3v) is 6.90. The molecule has 1 aromatic heterocycles. The lowest BCUT2D eigenvalue weighted by molar-refractivity contribution is -0.152.